The van der Waals surface area contributed by atoms with Crippen molar-refractivity contribution in [1.29, 1.82) is 0 Å². The Balaban J connectivity index is 2.41. The molecule has 0 radical (unpaired) electrons. The molecule has 0 aromatic rings. The smallest absolute Gasteiger partial charge is 0.332 e. The topological polar surface area (TPSA) is 46.5 Å². The summed E-state index contributed by atoms with van der Waals surface area (Å²) in [5, 5.41) is 8.59. The van der Waals surface area contributed by atoms with Crippen molar-refractivity contribution in [3.05, 3.63) is 0 Å². The fourth-order valence-corrected chi connectivity index (χ4v) is 1.29. The van der Waals surface area contributed by atoms with Gasteiger partial charge in [0.05, 0.1) is 6.61 Å². The van der Waals surface area contributed by atoms with Crippen LogP contribution in [0.3, 0.4) is 0 Å². The molecule has 64 valence electrons. The molecule has 0 spiro atoms. The maximum Gasteiger partial charge on any atom is 0.332 e. The van der Waals surface area contributed by atoms with Crippen molar-refractivity contribution >= 4 is 5.97 Å². The Labute approximate surface area is 66.4 Å². The Hall–Kier alpha value is -0.570. The third-order valence-corrected chi connectivity index (χ3v) is 2.25. The number of rotatable bonds is 2. The minimum absolute atomic E-state index is 0.427. The van der Waals surface area contributed by atoms with Gasteiger partial charge in [-0.2, -0.15) is 0 Å². The molecule has 1 fully saturated rings. The zero-order valence-electron chi connectivity index (χ0n) is 6.91. The van der Waals surface area contributed by atoms with Crippen LogP contribution >= 0.6 is 0 Å². The molecule has 1 aliphatic heterocycles. The Kier molecular flexibility index (Phi) is 2.49. The summed E-state index contributed by atoms with van der Waals surface area (Å²) < 4.78 is 5.09. The molecule has 1 rings (SSSR count). The summed E-state index contributed by atoms with van der Waals surface area (Å²) >= 11 is 0. The SMILES string of the molecule is CC(C)C1CO[C@@H](C(=O)O)C1. The summed E-state index contributed by atoms with van der Waals surface area (Å²) in [7, 11) is 0. The van der Waals surface area contributed by atoms with Gasteiger partial charge in [0.15, 0.2) is 6.10 Å². The molecule has 1 aliphatic rings. The van der Waals surface area contributed by atoms with E-state index in [9.17, 15) is 4.79 Å². The number of hydrogen-bond donors (Lipinski definition) is 1. The van der Waals surface area contributed by atoms with Crippen molar-refractivity contribution in [2.24, 2.45) is 11.8 Å². The van der Waals surface area contributed by atoms with E-state index in [0.29, 0.717) is 24.9 Å². The van der Waals surface area contributed by atoms with Gasteiger partial charge in [0.25, 0.3) is 0 Å². The average Bonchev–Trinajstić information content (AvgIpc) is 2.33. The molecule has 0 aliphatic carbocycles. The van der Waals surface area contributed by atoms with Gasteiger partial charge < -0.3 is 9.84 Å². The first-order chi connectivity index (χ1) is 5.11. The first-order valence-corrected chi connectivity index (χ1v) is 3.95. The van der Waals surface area contributed by atoms with Gasteiger partial charge in [0.1, 0.15) is 0 Å². The molecule has 0 aromatic carbocycles. The summed E-state index contributed by atoms with van der Waals surface area (Å²) in [5.41, 5.74) is 0. The second kappa shape index (κ2) is 3.22. The molecule has 1 saturated heterocycles. The lowest BCUT2D eigenvalue weighted by Gasteiger charge is -2.10. The highest BCUT2D eigenvalue weighted by atomic mass is 16.5. The van der Waals surface area contributed by atoms with Crippen molar-refractivity contribution < 1.29 is 14.6 Å². The van der Waals surface area contributed by atoms with Crippen LogP contribution in [-0.4, -0.2) is 23.8 Å². The van der Waals surface area contributed by atoms with Crippen molar-refractivity contribution in [1.82, 2.24) is 0 Å². The molecule has 0 aromatic heterocycles. The van der Waals surface area contributed by atoms with E-state index in [-0.39, 0.29) is 0 Å². The Morgan fingerprint density at radius 2 is 2.27 bits per heavy atom. The van der Waals surface area contributed by atoms with Crippen LogP contribution in [-0.2, 0) is 9.53 Å². The van der Waals surface area contributed by atoms with Gasteiger partial charge in [-0.15, -0.1) is 0 Å². The third kappa shape index (κ3) is 1.93. The van der Waals surface area contributed by atoms with E-state index >= 15 is 0 Å². The summed E-state index contributed by atoms with van der Waals surface area (Å²) in [6.07, 6.45) is 0.120. The minimum atomic E-state index is -0.826. The number of carboxylic acid groups (broad SMARTS) is 1. The lowest BCUT2D eigenvalue weighted by Crippen LogP contribution is -2.18. The average molecular weight is 158 g/mol. The Morgan fingerprint density at radius 1 is 1.64 bits per heavy atom. The largest absolute Gasteiger partial charge is 0.479 e. The van der Waals surface area contributed by atoms with Crippen LogP contribution in [0, 0.1) is 11.8 Å². The number of hydrogen-bond acceptors (Lipinski definition) is 2. The molecule has 0 saturated carbocycles. The highest BCUT2D eigenvalue weighted by molar-refractivity contribution is 5.72. The van der Waals surface area contributed by atoms with Gasteiger partial charge in [0, 0.05) is 0 Å². The number of carboxylic acids is 1. The molecule has 11 heavy (non-hydrogen) atoms. The predicted octanol–water partition coefficient (Wildman–Crippen LogP) is 1.13. The van der Waals surface area contributed by atoms with Crippen LogP contribution in [0.25, 0.3) is 0 Å². The van der Waals surface area contributed by atoms with E-state index in [2.05, 4.69) is 13.8 Å². The van der Waals surface area contributed by atoms with Crippen molar-refractivity contribution in [2.45, 2.75) is 26.4 Å². The Bertz CT molecular complexity index is 153. The molecule has 0 bridgehead atoms. The van der Waals surface area contributed by atoms with Crippen molar-refractivity contribution in [3.63, 3.8) is 0 Å². The molecule has 2 atom stereocenters. The maximum atomic E-state index is 10.4. The number of ether oxygens (including phenoxy) is 1. The van der Waals surface area contributed by atoms with Crippen LogP contribution in [0.2, 0.25) is 0 Å². The van der Waals surface area contributed by atoms with Crippen LogP contribution in [0.1, 0.15) is 20.3 Å². The molecule has 3 heteroatoms. The normalized spacial score (nSPS) is 31.2. The first kappa shape index (κ1) is 8.53. The van der Waals surface area contributed by atoms with Gasteiger partial charge in [-0.1, -0.05) is 13.8 Å². The summed E-state index contributed by atoms with van der Waals surface area (Å²) in [4.78, 5) is 10.4. The lowest BCUT2D eigenvalue weighted by atomic mass is 9.93. The minimum Gasteiger partial charge on any atom is -0.479 e. The highest BCUT2D eigenvalue weighted by Gasteiger charge is 2.31. The molecule has 0 amide bonds. The molecule has 1 heterocycles. The fourth-order valence-electron chi connectivity index (χ4n) is 1.29. The summed E-state index contributed by atoms with van der Waals surface area (Å²) in [6, 6.07) is 0. The monoisotopic (exact) mass is 158 g/mol. The van der Waals surface area contributed by atoms with E-state index in [0.717, 1.165) is 0 Å². The van der Waals surface area contributed by atoms with Crippen molar-refractivity contribution in [3.8, 4) is 0 Å². The van der Waals surface area contributed by atoms with Crippen LogP contribution < -0.4 is 0 Å². The van der Waals surface area contributed by atoms with Crippen molar-refractivity contribution in [2.75, 3.05) is 6.61 Å². The molecule has 1 unspecified atom stereocenters. The zero-order chi connectivity index (χ0) is 8.43. The fraction of sp³-hybridized carbons (Fsp3) is 0.875. The predicted molar refractivity (Wildman–Crippen MR) is 40.3 cm³/mol. The maximum absolute atomic E-state index is 10.4. The lowest BCUT2D eigenvalue weighted by molar-refractivity contribution is -0.147. The zero-order valence-corrected chi connectivity index (χ0v) is 6.91. The van der Waals surface area contributed by atoms with Gasteiger partial charge >= 0.3 is 5.97 Å². The van der Waals surface area contributed by atoms with Gasteiger partial charge in [-0.3, -0.25) is 0 Å². The summed E-state index contributed by atoms with van der Waals surface area (Å²) in [5.74, 6) is 0.128. The molecular formula is C8H14O3. The second-order valence-electron chi connectivity index (χ2n) is 3.40. The summed E-state index contributed by atoms with van der Waals surface area (Å²) in [6.45, 7) is 4.80. The quantitative estimate of drug-likeness (QED) is 0.655. The van der Waals surface area contributed by atoms with E-state index < -0.39 is 12.1 Å². The third-order valence-electron chi connectivity index (χ3n) is 2.25. The van der Waals surface area contributed by atoms with E-state index in [1.165, 1.54) is 0 Å². The van der Waals surface area contributed by atoms with Crippen LogP contribution in [0.5, 0.6) is 0 Å². The Morgan fingerprint density at radius 3 is 2.55 bits per heavy atom. The van der Waals surface area contributed by atoms with Crippen LogP contribution in [0.15, 0.2) is 0 Å². The number of aliphatic carboxylic acids is 1. The molecular weight excluding hydrogens is 144 g/mol. The van der Waals surface area contributed by atoms with Gasteiger partial charge in [0.2, 0.25) is 0 Å². The van der Waals surface area contributed by atoms with E-state index in [4.69, 9.17) is 9.84 Å². The molecule has 3 nitrogen and oxygen atoms in total. The first-order valence-electron chi connectivity index (χ1n) is 3.95. The van der Waals surface area contributed by atoms with E-state index in [1.807, 2.05) is 0 Å². The highest BCUT2D eigenvalue weighted by Crippen LogP contribution is 2.25. The second-order valence-corrected chi connectivity index (χ2v) is 3.40. The number of carbonyl (C=O) groups is 1. The standard InChI is InChI=1S/C8H14O3/c1-5(2)6-3-7(8(9)10)11-4-6/h5-7H,3-4H2,1-2H3,(H,9,10)/t6?,7-/m1/s1. The van der Waals surface area contributed by atoms with Crippen LogP contribution in [0.4, 0.5) is 0 Å². The van der Waals surface area contributed by atoms with Gasteiger partial charge in [-0.05, 0) is 18.3 Å². The van der Waals surface area contributed by atoms with E-state index in [1.54, 1.807) is 0 Å². The molecule has 1 N–H and O–H groups in total. The van der Waals surface area contributed by atoms with Gasteiger partial charge in [-0.25, -0.2) is 4.79 Å².